The molecule has 160 valence electrons. The predicted molar refractivity (Wildman–Crippen MR) is 124 cm³/mol. The van der Waals surface area contributed by atoms with E-state index in [1.165, 1.54) is 34.3 Å². The number of aromatic nitrogens is 4. The molecule has 0 radical (unpaired) electrons. The maximum Gasteiger partial charge on any atom is 0.229 e. The summed E-state index contributed by atoms with van der Waals surface area (Å²) in [6.45, 7) is 4.08. The zero-order valence-corrected chi connectivity index (χ0v) is 18.8. The van der Waals surface area contributed by atoms with Crippen molar-refractivity contribution in [2.45, 2.75) is 23.8 Å². The third-order valence-corrected chi connectivity index (χ3v) is 7.29. The van der Waals surface area contributed by atoms with Crippen LogP contribution in [0.4, 0.5) is 11.5 Å². The van der Waals surface area contributed by atoms with Gasteiger partial charge in [-0.25, -0.2) is 13.4 Å². The Balaban J connectivity index is 1.72. The Morgan fingerprint density at radius 2 is 1.69 bits per heavy atom. The number of rotatable bonds is 4. The quantitative estimate of drug-likeness (QED) is 0.397. The first-order valence-corrected chi connectivity index (χ1v) is 11.7. The highest BCUT2D eigenvalue weighted by Crippen LogP contribution is 2.30. The van der Waals surface area contributed by atoms with Crippen LogP contribution in [0.3, 0.4) is 0 Å². The number of aryl methyl sites for hydroxylation is 2. The minimum Gasteiger partial charge on any atom is -0.340 e. The summed E-state index contributed by atoms with van der Waals surface area (Å²) in [5.74, 6) is 0.520. The summed E-state index contributed by atoms with van der Waals surface area (Å²) in [6, 6.07) is 19.4. The number of anilines is 2. The highest BCUT2D eigenvalue weighted by molar-refractivity contribution is 7.91. The Labute approximate surface area is 189 Å². The number of sulfone groups is 1. The van der Waals surface area contributed by atoms with Crippen molar-refractivity contribution < 1.29 is 8.42 Å². The topological polar surface area (TPSA) is 89.2 Å². The molecule has 2 heterocycles. The van der Waals surface area contributed by atoms with Crippen molar-refractivity contribution in [2.24, 2.45) is 0 Å². The molecule has 2 aromatic heterocycles. The van der Waals surface area contributed by atoms with E-state index in [9.17, 15) is 8.42 Å². The van der Waals surface area contributed by atoms with E-state index in [0.717, 1.165) is 16.6 Å². The summed E-state index contributed by atoms with van der Waals surface area (Å²) >= 11 is 5.92. The number of hydrogen-bond acceptors (Lipinski definition) is 6. The maximum absolute atomic E-state index is 13.3. The van der Waals surface area contributed by atoms with Crippen LogP contribution in [0.2, 0.25) is 5.02 Å². The van der Waals surface area contributed by atoms with Crippen molar-refractivity contribution in [3.63, 3.8) is 0 Å². The van der Waals surface area contributed by atoms with E-state index in [1.807, 2.05) is 56.3 Å². The Hall–Kier alpha value is -3.49. The van der Waals surface area contributed by atoms with Gasteiger partial charge in [-0.3, -0.25) is 0 Å². The molecular weight excluding hydrogens is 446 g/mol. The van der Waals surface area contributed by atoms with Gasteiger partial charge in [0.15, 0.2) is 5.65 Å². The Kier molecular flexibility index (Phi) is 4.83. The highest BCUT2D eigenvalue weighted by Gasteiger charge is 2.27. The molecule has 3 aromatic carbocycles. The lowest BCUT2D eigenvalue weighted by Crippen LogP contribution is -2.05. The summed E-state index contributed by atoms with van der Waals surface area (Å²) in [7, 11) is -3.95. The molecule has 5 rings (SSSR count). The van der Waals surface area contributed by atoms with Crippen molar-refractivity contribution in [3.8, 4) is 0 Å². The molecule has 9 heteroatoms. The summed E-state index contributed by atoms with van der Waals surface area (Å²) < 4.78 is 28.0. The second kappa shape index (κ2) is 7.58. The van der Waals surface area contributed by atoms with Gasteiger partial charge in [-0.15, -0.1) is 5.10 Å². The molecule has 5 aromatic rings. The Morgan fingerprint density at radius 3 is 2.44 bits per heavy atom. The van der Waals surface area contributed by atoms with Crippen LogP contribution >= 0.6 is 11.6 Å². The standard InChI is InChI=1S/C23H18ClN5O2S/c1-14-7-10-17(13-15(14)2)25-21-19-5-3-4-6-20(19)29-22(26-21)23(27-28-29)32(30,31)18-11-8-16(24)9-12-18/h3-13H,1-2H3,(H,25,26). The van der Waals surface area contributed by atoms with Crippen LogP contribution in [0.15, 0.2) is 76.7 Å². The maximum atomic E-state index is 13.3. The van der Waals surface area contributed by atoms with E-state index < -0.39 is 9.84 Å². The minimum absolute atomic E-state index is 0.0722. The van der Waals surface area contributed by atoms with Gasteiger partial charge in [0, 0.05) is 16.1 Å². The van der Waals surface area contributed by atoms with Crippen LogP contribution in [0.5, 0.6) is 0 Å². The number of para-hydroxylation sites is 1. The van der Waals surface area contributed by atoms with Gasteiger partial charge in [0.05, 0.1) is 10.4 Å². The number of nitrogens with zero attached hydrogens (tertiary/aromatic N) is 4. The van der Waals surface area contributed by atoms with Crippen molar-refractivity contribution >= 4 is 49.5 Å². The third kappa shape index (κ3) is 3.37. The number of nitrogens with one attached hydrogen (secondary N) is 1. The molecule has 0 fully saturated rings. The fourth-order valence-electron chi connectivity index (χ4n) is 3.50. The van der Waals surface area contributed by atoms with Crippen molar-refractivity contribution in [2.75, 3.05) is 5.32 Å². The van der Waals surface area contributed by atoms with Crippen molar-refractivity contribution in [3.05, 3.63) is 82.9 Å². The second-order valence-electron chi connectivity index (χ2n) is 7.49. The second-order valence-corrected chi connectivity index (χ2v) is 9.79. The Bertz CT molecular complexity index is 1590. The highest BCUT2D eigenvalue weighted by atomic mass is 35.5. The lowest BCUT2D eigenvalue weighted by molar-refractivity contribution is 0.592. The molecule has 32 heavy (non-hydrogen) atoms. The molecule has 0 aliphatic carbocycles. The van der Waals surface area contributed by atoms with Gasteiger partial charge in [-0.05, 0) is 73.5 Å². The number of benzene rings is 3. The van der Waals surface area contributed by atoms with E-state index in [0.29, 0.717) is 16.4 Å². The largest absolute Gasteiger partial charge is 0.340 e. The first kappa shape index (κ1) is 20.4. The normalized spacial score (nSPS) is 11.8. The third-order valence-electron chi connectivity index (χ3n) is 5.37. The van der Waals surface area contributed by atoms with E-state index in [1.54, 1.807) is 0 Å². The monoisotopic (exact) mass is 463 g/mol. The van der Waals surface area contributed by atoms with Gasteiger partial charge in [0.1, 0.15) is 5.82 Å². The van der Waals surface area contributed by atoms with Gasteiger partial charge < -0.3 is 5.32 Å². The molecule has 0 aliphatic rings. The average molecular weight is 464 g/mol. The average Bonchev–Trinajstić information content (AvgIpc) is 3.22. The van der Waals surface area contributed by atoms with Crippen LogP contribution in [0.1, 0.15) is 11.1 Å². The van der Waals surface area contributed by atoms with E-state index in [4.69, 9.17) is 11.6 Å². The fourth-order valence-corrected chi connectivity index (χ4v) is 4.86. The molecule has 0 amide bonds. The molecule has 0 aliphatic heterocycles. The van der Waals surface area contributed by atoms with E-state index in [-0.39, 0.29) is 15.6 Å². The van der Waals surface area contributed by atoms with Gasteiger partial charge in [-0.2, -0.15) is 4.52 Å². The zero-order chi connectivity index (χ0) is 22.5. The van der Waals surface area contributed by atoms with Gasteiger partial charge in [0.25, 0.3) is 0 Å². The number of fused-ring (bicyclic) bond motifs is 3. The fraction of sp³-hybridized carbons (Fsp3) is 0.0870. The smallest absolute Gasteiger partial charge is 0.229 e. The van der Waals surface area contributed by atoms with Crippen LogP contribution in [0, 0.1) is 13.8 Å². The van der Waals surface area contributed by atoms with Crippen molar-refractivity contribution in [1.82, 2.24) is 19.8 Å². The molecule has 0 bridgehead atoms. The van der Waals surface area contributed by atoms with Crippen LogP contribution in [-0.4, -0.2) is 28.2 Å². The Morgan fingerprint density at radius 1 is 0.938 bits per heavy atom. The molecule has 7 nitrogen and oxygen atoms in total. The molecule has 1 N–H and O–H groups in total. The number of hydrogen-bond donors (Lipinski definition) is 1. The lowest BCUT2D eigenvalue weighted by atomic mass is 10.1. The molecule has 0 atom stereocenters. The van der Waals surface area contributed by atoms with Gasteiger partial charge in [0.2, 0.25) is 14.9 Å². The SMILES string of the molecule is Cc1ccc(Nc2nc3c(S(=O)(=O)c4ccc(Cl)cc4)nnn3c3ccccc23)cc1C. The molecule has 0 spiro atoms. The molecule has 0 saturated heterocycles. The van der Waals surface area contributed by atoms with Crippen LogP contribution in [0.25, 0.3) is 16.6 Å². The van der Waals surface area contributed by atoms with E-state index >= 15 is 0 Å². The van der Waals surface area contributed by atoms with E-state index in [2.05, 4.69) is 20.6 Å². The summed E-state index contributed by atoms with van der Waals surface area (Å²) in [6.07, 6.45) is 0. The first-order valence-electron chi connectivity index (χ1n) is 9.84. The first-order chi connectivity index (χ1) is 15.3. The summed E-state index contributed by atoms with van der Waals surface area (Å²) in [4.78, 5) is 4.71. The summed E-state index contributed by atoms with van der Waals surface area (Å²) in [5.41, 5.74) is 4.00. The summed E-state index contributed by atoms with van der Waals surface area (Å²) in [5, 5.41) is 12.4. The van der Waals surface area contributed by atoms with Gasteiger partial charge in [-0.1, -0.05) is 35.0 Å². The van der Waals surface area contributed by atoms with Crippen LogP contribution < -0.4 is 5.32 Å². The van der Waals surface area contributed by atoms with Crippen LogP contribution in [-0.2, 0) is 9.84 Å². The van der Waals surface area contributed by atoms with Crippen molar-refractivity contribution in [1.29, 1.82) is 0 Å². The predicted octanol–water partition coefficient (Wildman–Crippen LogP) is 5.12. The van der Waals surface area contributed by atoms with Gasteiger partial charge >= 0.3 is 0 Å². The zero-order valence-electron chi connectivity index (χ0n) is 17.2. The molecular formula is C23H18ClN5O2S. The lowest BCUT2D eigenvalue weighted by Gasteiger charge is -2.12. The molecule has 0 unspecified atom stereocenters. The minimum atomic E-state index is -3.95. The molecule has 0 saturated carbocycles. The number of halogens is 1.